The Morgan fingerprint density at radius 3 is 2.59 bits per heavy atom. The Labute approximate surface area is 186 Å². The van der Waals surface area contributed by atoms with Gasteiger partial charge in [-0.1, -0.05) is 30.3 Å². The van der Waals surface area contributed by atoms with Gasteiger partial charge in [-0.15, -0.1) is 0 Å². The van der Waals surface area contributed by atoms with E-state index in [1.54, 1.807) is 11.0 Å². The van der Waals surface area contributed by atoms with Crippen LogP contribution in [0.15, 0.2) is 67.3 Å². The smallest absolute Gasteiger partial charge is 0.254 e. The van der Waals surface area contributed by atoms with E-state index in [1.165, 1.54) is 23.1 Å². The SMILES string of the molecule is Cn1nc2c(c1-c1ccccc1)CC1CCCC2N1C(=O)c1ccc(-n2cncn2)cc1. The normalized spacial score (nSPS) is 19.6. The standard InChI is InChI=1S/C25H24N6O/c1-29-24(17-6-3-2-4-7-17)21-14-20-8-5-9-22(23(21)28-29)31(20)25(32)18-10-12-19(13-11-18)30-16-26-15-27-30/h2-4,6-7,10-13,15-16,20,22H,5,8-9,14H2,1H3. The van der Waals surface area contributed by atoms with Crippen molar-refractivity contribution in [1.82, 2.24) is 29.4 Å². The van der Waals surface area contributed by atoms with E-state index in [-0.39, 0.29) is 18.0 Å². The Morgan fingerprint density at radius 1 is 1.03 bits per heavy atom. The van der Waals surface area contributed by atoms with Gasteiger partial charge in [-0.05, 0) is 49.9 Å². The summed E-state index contributed by atoms with van der Waals surface area (Å²) in [7, 11) is 2.01. The minimum atomic E-state index is 0.0312. The van der Waals surface area contributed by atoms with Crippen molar-refractivity contribution < 1.29 is 4.79 Å². The number of benzene rings is 2. The first-order chi connectivity index (χ1) is 15.7. The fourth-order valence-electron chi connectivity index (χ4n) is 5.35. The Morgan fingerprint density at radius 2 is 1.84 bits per heavy atom. The molecular formula is C25H24N6O. The fraction of sp³-hybridized carbons (Fsp3) is 0.280. The minimum absolute atomic E-state index is 0.0312. The van der Waals surface area contributed by atoms with Crippen molar-refractivity contribution in [2.45, 2.75) is 37.8 Å². The molecule has 0 radical (unpaired) electrons. The molecule has 2 bridgehead atoms. The van der Waals surface area contributed by atoms with Crippen LogP contribution in [0.2, 0.25) is 0 Å². The molecule has 2 aliphatic rings. The lowest BCUT2D eigenvalue weighted by atomic mass is 9.81. The van der Waals surface area contributed by atoms with Crippen LogP contribution in [0.5, 0.6) is 0 Å². The van der Waals surface area contributed by atoms with Gasteiger partial charge >= 0.3 is 0 Å². The summed E-state index contributed by atoms with van der Waals surface area (Å²) in [4.78, 5) is 19.7. The second-order valence-electron chi connectivity index (χ2n) is 8.61. The Balaban J connectivity index is 1.35. The first-order valence-corrected chi connectivity index (χ1v) is 11.1. The Bertz CT molecular complexity index is 1260. The van der Waals surface area contributed by atoms with E-state index >= 15 is 0 Å². The molecule has 4 aromatic rings. The van der Waals surface area contributed by atoms with E-state index in [2.05, 4.69) is 39.2 Å². The second-order valence-corrected chi connectivity index (χ2v) is 8.61. The largest absolute Gasteiger partial charge is 0.327 e. The van der Waals surface area contributed by atoms with E-state index in [4.69, 9.17) is 5.10 Å². The van der Waals surface area contributed by atoms with Gasteiger partial charge in [0.05, 0.1) is 23.1 Å². The van der Waals surface area contributed by atoms with Gasteiger partial charge in [0.15, 0.2) is 0 Å². The molecule has 4 heterocycles. The first-order valence-electron chi connectivity index (χ1n) is 11.1. The predicted molar refractivity (Wildman–Crippen MR) is 120 cm³/mol. The minimum Gasteiger partial charge on any atom is -0.327 e. The molecule has 7 nitrogen and oxygen atoms in total. The van der Waals surface area contributed by atoms with E-state index in [0.717, 1.165) is 37.1 Å². The molecule has 2 unspecified atom stereocenters. The van der Waals surface area contributed by atoms with Gasteiger partial charge in [0.25, 0.3) is 5.91 Å². The molecule has 0 saturated carbocycles. The summed E-state index contributed by atoms with van der Waals surface area (Å²) in [5, 5.41) is 9.08. The molecule has 0 spiro atoms. The molecule has 1 fully saturated rings. The van der Waals surface area contributed by atoms with Crippen LogP contribution in [0.25, 0.3) is 16.9 Å². The molecule has 6 rings (SSSR count). The zero-order valence-corrected chi connectivity index (χ0v) is 17.9. The molecule has 2 aromatic heterocycles. The third kappa shape index (κ3) is 2.96. The van der Waals surface area contributed by atoms with Crippen molar-refractivity contribution in [3.8, 4) is 16.9 Å². The molecule has 1 amide bonds. The summed E-state index contributed by atoms with van der Waals surface area (Å²) in [6.07, 6.45) is 7.12. The summed E-state index contributed by atoms with van der Waals surface area (Å²) in [6, 6.07) is 18.3. The van der Waals surface area contributed by atoms with Crippen LogP contribution in [-0.2, 0) is 13.5 Å². The summed E-state index contributed by atoms with van der Waals surface area (Å²) in [5.41, 5.74) is 6.33. The molecule has 0 aliphatic carbocycles. The monoisotopic (exact) mass is 424 g/mol. The summed E-state index contributed by atoms with van der Waals surface area (Å²) in [5.74, 6) is 0.0856. The predicted octanol–water partition coefficient (Wildman–Crippen LogP) is 3.96. The van der Waals surface area contributed by atoms with Gasteiger partial charge in [0.2, 0.25) is 0 Å². The zero-order chi connectivity index (χ0) is 21.7. The van der Waals surface area contributed by atoms with Crippen molar-refractivity contribution in [2.75, 3.05) is 0 Å². The molecule has 2 aliphatic heterocycles. The highest BCUT2D eigenvalue weighted by atomic mass is 16.2. The van der Waals surface area contributed by atoms with Gasteiger partial charge < -0.3 is 4.90 Å². The van der Waals surface area contributed by atoms with Gasteiger partial charge in [0, 0.05) is 29.8 Å². The lowest BCUT2D eigenvalue weighted by Crippen LogP contribution is -2.49. The number of rotatable bonds is 3. The third-order valence-corrected chi connectivity index (χ3v) is 6.76. The van der Waals surface area contributed by atoms with Crippen LogP contribution in [-0.4, -0.2) is 41.4 Å². The van der Waals surface area contributed by atoms with Crippen LogP contribution in [0, 0.1) is 0 Å². The number of aromatic nitrogens is 5. The number of nitrogens with zero attached hydrogens (tertiary/aromatic N) is 6. The van der Waals surface area contributed by atoms with Crippen LogP contribution in [0.4, 0.5) is 0 Å². The van der Waals surface area contributed by atoms with E-state index < -0.39 is 0 Å². The van der Waals surface area contributed by atoms with E-state index in [1.807, 2.05) is 42.1 Å². The van der Waals surface area contributed by atoms with Crippen molar-refractivity contribution in [1.29, 1.82) is 0 Å². The molecule has 32 heavy (non-hydrogen) atoms. The fourth-order valence-corrected chi connectivity index (χ4v) is 5.35. The number of hydrogen-bond acceptors (Lipinski definition) is 4. The lowest BCUT2D eigenvalue weighted by molar-refractivity contribution is 0.0392. The van der Waals surface area contributed by atoms with Crippen molar-refractivity contribution >= 4 is 5.91 Å². The highest BCUT2D eigenvalue weighted by Gasteiger charge is 2.43. The summed E-state index contributed by atoms with van der Waals surface area (Å²) < 4.78 is 3.69. The molecule has 160 valence electrons. The van der Waals surface area contributed by atoms with Crippen LogP contribution < -0.4 is 0 Å². The first kappa shape index (κ1) is 19.0. The number of hydrogen-bond donors (Lipinski definition) is 0. The van der Waals surface area contributed by atoms with Crippen LogP contribution in [0.3, 0.4) is 0 Å². The third-order valence-electron chi connectivity index (χ3n) is 6.76. The maximum absolute atomic E-state index is 13.6. The molecular weight excluding hydrogens is 400 g/mol. The molecule has 1 saturated heterocycles. The highest BCUT2D eigenvalue weighted by Crippen LogP contribution is 2.45. The average molecular weight is 425 g/mol. The molecule has 2 atom stereocenters. The van der Waals surface area contributed by atoms with Gasteiger partial charge in [-0.3, -0.25) is 9.48 Å². The number of fused-ring (bicyclic) bond motifs is 4. The number of piperidine rings is 1. The molecule has 0 N–H and O–H groups in total. The molecule has 7 heteroatoms. The van der Waals surface area contributed by atoms with Crippen molar-refractivity contribution in [2.24, 2.45) is 7.05 Å². The number of carbonyl (C=O) groups excluding carboxylic acids is 1. The Hall–Kier alpha value is -3.74. The van der Waals surface area contributed by atoms with Gasteiger partial charge in [0.1, 0.15) is 12.7 Å². The summed E-state index contributed by atoms with van der Waals surface area (Å²) >= 11 is 0. The second kappa shape index (κ2) is 7.44. The van der Waals surface area contributed by atoms with Crippen molar-refractivity contribution in [3.63, 3.8) is 0 Å². The summed E-state index contributed by atoms with van der Waals surface area (Å²) in [6.45, 7) is 0. The maximum atomic E-state index is 13.6. The van der Waals surface area contributed by atoms with Crippen LogP contribution >= 0.6 is 0 Å². The zero-order valence-electron chi connectivity index (χ0n) is 17.9. The maximum Gasteiger partial charge on any atom is 0.254 e. The highest BCUT2D eigenvalue weighted by molar-refractivity contribution is 5.95. The average Bonchev–Trinajstić information content (AvgIpc) is 3.47. The molecule has 2 aromatic carbocycles. The topological polar surface area (TPSA) is 68.8 Å². The lowest BCUT2D eigenvalue weighted by Gasteiger charge is -2.45. The van der Waals surface area contributed by atoms with Crippen molar-refractivity contribution in [3.05, 3.63) is 84.1 Å². The number of amides is 1. The van der Waals surface area contributed by atoms with E-state index in [9.17, 15) is 4.79 Å². The van der Waals surface area contributed by atoms with Gasteiger partial charge in [-0.2, -0.15) is 10.2 Å². The quantitative estimate of drug-likeness (QED) is 0.499. The number of aryl methyl sites for hydroxylation is 1. The van der Waals surface area contributed by atoms with Crippen LogP contribution in [0.1, 0.15) is 46.9 Å². The van der Waals surface area contributed by atoms with Gasteiger partial charge in [-0.25, -0.2) is 9.67 Å². The Kier molecular flexibility index (Phi) is 4.41. The van der Waals surface area contributed by atoms with E-state index in [0.29, 0.717) is 5.56 Å². The number of carbonyl (C=O) groups is 1.